The van der Waals surface area contributed by atoms with Gasteiger partial charge in [0.1, 0.15) is 0 Å². The standard InChI is InChI=1S/C19H28N2O3/c1-5-24-14-7-6-13(8-15(14)23-4)16-20-9-18(2)10-21(16)12-19(3,11-20)17(18)22/h6-8,16-17,22H,5,9-12H2,1-4H3. The number of benzene rings is 1. The first-order valence-corrected chi connectivity index (χ1v) is 8.87. The van der Waals surface area contributed by atoms with Crippen LogP contribution in [0.1, 0.15) is 32.5 Å². The molecular formula is C19H28N2O3. The summed E-state index contributed by atoms with van der Waals surface area (Å²) in [5, 5.41) is 10.8. The van der Waals surface area contributed by atoms with E-state index >= 15 is 0 Å². The van der Waals surface area contributed by atoms with Gasteiger partial charge in [0.2, 0.25) is 0 Å². The summed E-state index contributed by atoms with van der Waals surface area (Å²) in [4.78, 5) is 5.05. The predicted molar refractivity (Wildman–Crippen MR) is 92.3 cm³/mol. The average Bonchev–Trinajstić information content (AvgIpc) is 2.52. The largest absolute Gasteiger partial charge is 0.493 e. The fourth-order valence-electron chi connectivity index (χ4n) is 5.37. The number of aliphatic hydroxyl groups is 1. The molecule has 0 saturated carbocycles. The number of nitrogens with zero attached hydrogens (tertiary/aromatic N) is 2. The highest BCUT2D eigenvalue weighted by Gasteiger charge is 2.61. The van der Waals surface area contributed by atoms with Crippen LogP contribution >= 0.6 is 0 Å². The molecule has 0 amide bonds. The molecule has 1 aromatic rings. The SMILES string of the molecule is CCOc1ccc(C2N3CC4(C)CN2CC(C)(C3)C4O)cc1OC. The van der Waals surface area contributed by atoms with Crippen molar-refractivity contribution in [2.45, 2.75) is 33.0 Å². The molecule has 0 radical (unpaired) electrons. The molecule has 0 spiro atoms. The van der Waals surface area contributed by atoms with E-state index in [0.29, 0.717) is 6.61 Å². The lowest BCUT2D eigenvalue weighted by Gasteiger charge is -2.68. The van der Waals surface area contributed by atoms with Crippen LogP contribution in [-0.2, 0) is 0 Å². The average molecular weight is 332 g/mol. The van der Waals surface area contributed by atoms with E-state index in [4.69, 9.17) is 9.47 Å². The predicted octanol–water partition coefficient (Wildman–Crippen LogP) is 2.11. The molecule has 5 heteroatoms. The number of methoxy groups -OCH3 is 1. The fraction of sp³-hybridized carbons (Fsp3) is 0.684. The van der Waals surface area contributed by atoms with Crippen LogP contribution < -0.4 is 9.47 Å². The Morgan fingerprint density at radius 2 is 1.67 bits per heavy atom. The van der Waals surface area contributed by atoms with Gasteiger partial charge in [0.15, 0.2) is 11.5 Å². The quantitative estimate of drug-likeness (QED) is 0.915. The van der Waals surface area contributed by atoms with Crippen molar-refractivity contribution in [3.05, 3.63) is 23.8 Å². The monoisotopic (exact) mass is 332 g/mol. The zero-order valence-electron chi connectivity index (χ0n) is 15.1. The maximum atomic E-state index is 10.8. The number of piperidine rings is 2. The van der Waals surface area contributed by atoms with Gasteiger partial charge in [-0.3, -0.25) is 9.80 Å². The van der Waals surface area contributed by atoms with E-state index in [1.807, 2.05) is 13.0 Å². The first-order chi connectivity index (χ1) is 11.4. The fourth-order valence-corrected chi connectivity index (χ4v) is 5.37. The molecule has 1 N–H and O–H groups in total. The van der Waals surface area contributed by atoms with Crippen molar-refractivity contribution in [1.29, 1.82) is 0 Å². The van der Waals surface area contributed by atoms with Gasteiger partial charge >= 0.3 is 0 Å². The molecule has 4 aliphatic rings. The molecular weight excluding hydrogens is 304 g/mol. The van der Waals surface area contributed by atoms with Crippen molar-refractivity contribution in [1.82, 2.24) is 9.80 Å². The molecule has 4 heterocycles. The molecule has 4 fully saturated rings. The van der Waals surface area contributed by atoms with Gasteiger partial charge in [-0.05, 0) is 24.6 Å². The van der Waals surface area contributed by atoms with Crippen molar-refractivity contribution >= 4 is 0 Å². The van der Waals surface area contributed by atoms with Crippen LogP contribution in [0.2, 0.25) is 0 Å². The molecule has 0 aromatic heterocycles. The summed E-state index contributed by atoms with van der Waals surface area (Å²) in [5.74, 6) is 1.59. The van der Waals surface area contributed by atoms with E-state index in [1.54, 1.807) is 7.11 Å². The summed E-state index contributed by atoms with van der Waals surface area (Å²) in [5.41, 5.74) is 1.18. The van der Waals surface area contributed by atoms with Gasteiger partial charge in [0.25, 0.3) is 0 Å². The Kier molecular flexibility index (Phi) is 3.61. The van der Waals surface area contributed by atoms with E-state index < -0.39 is 0 Å². The molecule has 1 aromatic carbocycles. The smallest absolute Gasteiger partial charge is 0.161 e. The minimum atomic E-state index is -0.215. The molecule has 5 nitrogen and oxygen atoms in total. The van der Waals surface area contributed by atoms with E-state index in [9.17, 15) is 5.11 Å². The summed E-state index contributed by atoms with van der Waals surface area (Å²) in [7, 11) is 1.69. The van der Waals surface area contributed by atoms with Gasteiger partial charge in [-0.15, -0.1) is 0 Å². The Bertz CT molecular complexity index is 609. The Hall–Kier alpha value is -1.30. The second-order valence-electron chi connectivity index (χ2n) is 8.24. The molecule has 0 unspecified atom stereocenters. The lowest BCUT2D eigenvalue weighted by atomic mass is 9.60. The Labute approximate surface area is 144 Å². The third-order valence-electron chi connectivity index (χ3n) is 6.05. The van der Waals surface area contributed by atoms with Gasteiger partial charge in [-0.2, -0.15) is 0 Å². The third-order valence-corrected chi connectivity index (χ3v) is 6.05. The van der Waals surface area contributed by atoms with Crippen molar-refractivity contribution < 1.29 is 14.6 Å². The molecule has 4 saturated heterocycles. The molecule has 4 aliphatic heterocycles. The van der Waals surface area contributed by atoms with Gasteiger partial charge in [-0.25, -0.2) is 0 Å². The van der Waals surface area contributed by atoms with E-state index in [2.05, 4.69) is 35.8 Å². The molecule has 132 valence electrons. The van der Waals surface area contributed by atoms with Crippen LogP contribution in [0, 0.1) is 10.8 Å². The first-order valence-electron chi connectivity index (χ1n) is 8.87. The summed E-state index contributed by atoms with van der Waals surface area (Å²) < 4.78 is 11.2. The van der Waals surface area contributed by atoms with Crippen LogP contribution in [0.4, 0.5) is 0 Å². The first kappa shape index (κ1) is 16.2. The second kappa shape index (κ2) is 5.35. The van der Waals surface area contributed by atoms with Crippen molar-refractivity contribution in [3.63, 3.8) is 0 Å². The van der Waals surface area contributed by atoms with Crippen LogP contribution in [0.3, 0.4) is 0 Å². The number of hydrogen-bond acceptors (Lipinski definition) is 5. The van der Waals surface area contributed by atoms with Crippen molar-refractivity contribution in [2.24, 2.45) is 10.8 Å². The molecule has 0 atom stereocenters. The van der Waals surface area contributed by atoms with Crippen LogP contribution in [0.15, 0.2) is 18.2 Å². The number of aliphatic hydroxyl groups excluding tert-OH is 1. The number of hydrogen-bond donors (Lipinski definition) is 1. The highest BCUT2D eigenvalue weighted by molar-refractivity contribution is 5.44. The second-order valence-corrected chi connectivity index (χ2v) is 8.24. The third kappa shape index (κ3) is 2.18. The summed E-state index contributed by atoms with van der Waals surface area (Å²) in [6, 6.07) is 6.28. The minimum Gasteiger partial charge on any atom is -0.493 e. The van der Waals surface area contributed by atoms with Gasteiger partial charge in [-0.1, -0.05) is 19.9 Å². The minimum absolute atomic E-state index is 0.0307. The van der Waals surface area contributed by atoms with Crippen molar-refractivity contribution in [3.8, 4) is 11.5 Å². The van der Waals surface area contributed by atoms with Crippen LogP contribution in [-0.4, -0.2) is 60.9 Å². The summed E-state index contributed by atoms with van der Waals surface area (Å²) in [6.07, 6.45) is 0.0524. The highest BCUT2D eigenvalue weighted by atomic mass is 16.5. The van der Waals surface area contributed by atoms with E-state index in [1.165, 1.54) is 5.56 Å². The summed E-state index contributed by atoms with van der Waals surface area (Å²) in [6.45, 7) is 10.8. The highest BCUT2D eigenvalue weighted by Crippen LogP contribution is 2.54. The zero-order valence-corrected chi connectivity index (χ0v) is 15.1. The van der Waals surface area contributed by atoms with E-state index in [-0.39, 0.29) is 23.1 Å². The lowest BCUT2D eigenvalue weighted by molar-refractivity contribution is -0.253. The normalized spacial score (nSPS) is 43.0. The van der Waals surface area contributed by atoms with Gasteiger partial charge < -0.3 is 14.6 Å². The maximum Gasteiger partial charge on any atom is 0.161 e. The van der Waals surface area contributed by atoms with Crippen LogP contribution in [0.5, 0.6) is 11.5 Å². The number of rotatable bonds is 4. The van der Waals surface area contributed by atoms with Crippen molar-refractivity contribution in [2.75, 3.05) is 39.9 Å². The van der Waals surface area contributed by atoms with Gasteiger partial charge in [0, 0.05) is 37.0 Å². The topological polar surface area (TPSA) is 45.2 Å². The Balaban J connectivity index is 1.67. The number of ether oxygens (including phenoxy) is 2. The molecule has 5 rings (SSSR count). The Morgan fingerprint density at radius 3 is 2.17 bits per heavy atom. The van der Waals surface area contributed by atoms with E-state index in [0.717, 1.165) is 37.7 Å². The molecule has 0 aliphatic carbocycles. The summed E-state index contributed by atoms with van der Waals surface area (Å²) >= 11 is 0. The van der Waals surface area contributed by atoms with Crippen LogP contribution in [0.25, 0.3) is 0 Å². The van der Waals surface area contributed by atoms with Gasteiger partial charge in [0.05, 0.1) is 26.0 Å². The molecule has 4 bridgehead atoms. The zero-order chi connectivity index (χ0) is 17.1. The Morgan fingerprint density at radius 1 is 1.08 bits per heavy atom. The molecule has 24 heavy (non-hydrogen) atoms. The maximum absolute atomic E-state index is 10.8. The lowest BCUT2D eigenvalue weighted by Crippen LogP contribution is -2.76.